The molecule has 0 radical (unpaired) electrons. The molecule has 3 aromatic carbocycles. The Hall–Kier alpha value is -3.16. The van der Waals surface area contributed by atoms with Crippen molar-refractivity contribution in [3.05, 3.63) is 90.5 Å². The Morgan fingerprint density at radius 3 is 2.57 bits per heavy atom. The van der Waals surface area contributed by atoms with E-state index in [9.17, 15) is 8.42 Å². The zero-order valence-electron chi connectivity index (χ0n) is 16.4. The van der Waals surface area contributed by atoms with Crippen molar-refractivity contribution in [2.45, 2.75) is 18.0 Å². The van der Waals surface area contributed by atoms with Gasteiger partial charge in [0.25, 0.3) is 0 Å². The van der Waals surface area contributed by atoms with Crippen molar-refractivity contribution in [3.8, 4) is 0 Å². The summed E-state index contributed by atoms with van der Waals surface area (Å²) in [4.78, 5) is 9.65. The molecule has 0 amide bonds. The summed E-state index contributed by atoms with van der Waals surface area (Å²) >= 11 is 0. The van der Waals surface area contributed by atoms with Crippen LogP contribution >= 0.6 is 0 Å². The highest BCUT2D eigenvalue weighted by Crippen LogP contribution is 2.33. The highest BCUT2D eigenvalue weighted by molar-refractivity contribution is 7.89. The van der Waals surface area contributed by atoms with Gasteiger partial charge in [0.05, 0.1) is 24.3 Å². The second-order valence-electron chi connectivity index (χ2n) is 7.44. The lowest BCUT2D eigenvalue weighted by Crippen LogP contribution is -2.34. The number of anilines is 1. The largest absolute Gasteiger partial charge is 0.363 e. The van der Waals surface area contributed by atoms with Crippen LogP contribution in [-0.2, 0) is 23.1 Å². The molecular weight excluding hydrogens is 396 g/mol. The molecule has 2 heterocycles. The molecule has 5 rings (SSSR count). The van der Waals surface area contributed by atoms with Crippen LogP contribution in [0.4, 0.5) is 5.69 Å². The van der Waals surface area contributed by atoms with E-state index in [1.54, 1.807) is 29.0 Å². The van der Waals surface area contributed by atoms with Crippen LogP contribution in [0.25, 0.3) is 10.8 Å². The van der Waals surface area contributed by atoms with Crippen LogP contribution in [0.5, 0.6) is 0 Å². The summed E-state index contributed by atoms with van der Waals surface area (Å²) in [5.41, 5.74) is 2.69. The van der Waals surface area contributed by atoms with Gasteiger partial charge in [0.15, 0.2) is 0 Å². The fourth-order valence-electron chi connectivity index (χ4n) is 4.07. The number of H-pyrrole nitrogens is 1. The summed E-state index contributed by atoms with van der Waals surface area (Å²) in [5, 5.41) is 2.20. The minimum Gasteiger partial charge on any atom is -0.363 e. The van der Waals surface area contributed by atoms with E-state index in [0.29, 0.717) is 31.1 Å². The smallest absolute Gasteiger partial charge is 0.245 e. The van der Waals surface area contributed by atoms with E-state index < -0.39 is 10.0 Å². The van der Waals surface area contributed by atoms with Crippen LogP contribution in [0.3, 0.4) is 0 Å². The molecule has 7 heteroatoms. The molecule has 0 atom stereocenters. The van der Waals surface area contributed by atoms with Gasteiger partial charge < -0.3 is 9.88 Å². The number of nitrogens with zero attached hydrogens (tertiary/aromatic N) is 3. The van der Waals surface area contributed by atoms with E-state index in [-0.39, 0.29) is 0 Å². The number of aromatic nitrogens is 2. The number of hydrogen-bond acceptors (Lipinski definition) is 4. The van der Waals surface area contributed by atoms with Crippen LogP contribution in [0.15, 0.2) is 84.1 Å². The molecule has 1 aliphatic rings. The zero-order chi connectivity index (χ0) is 20.6. The number of hydrogen-bond donors (Lipinski definition) is 1. The van der Waals surface area contributed by atoms with E-state index in [4.69, 9.17) is 0 Å². The van der Waals surface area contributed by atoms with E-state index in [1.165, 1.54) is 0 Å². The predicted molar refractivity (Wildman–Crippen MR) is 118 cm³/mol. The number of para-hydroxylation sites is 1. The van der Waals surface area contributed by atoms with Gasteiger partial charge >= 0.3 is 0 Å². The molecule has 1 N–H and O–H groups in total. The minimum atomic E-state index is -3.63. The lowest BCUT2D eigenvalue weighted by molar-refractivity contribution is 0.416. The van der Waals surface area contributed by atoms with Crippen LogP contribution < -0.4 is 4.90 Å². The van der Waals surface area contributed by atoms with Gasteiger partial charge in [0.1, 0.15) is 4.90 Å². The van der Waals surface area contributed by atoms with Crippen LogP contribution in [0, 0.1) is 0 Å². The van der Waals surface area contributed by atoms with E-state index in [2.05, 4.69) is 27.0 Å². The van der Waals surface area contributed by atoms with Crippen molar-refractivity contribution in [1.82, 2.24) is 14.3 Å². The molecule has 6 nitrogen and oxygen atoms in total. The molecule has 0 bridgehead atoms. The molecule has 30 heavy (non-hydrogen) atoms. The summed E-state index contributed by atoms with van der Waals surface area (Å²) in [7, 11) is -3.63. The third-order valence-corrected chi connectivity index (χ3v) is 7.48. The Morgan fingerprint density at radius 2 is 1.70 bits per heavy atom. The summed E-state index contributed by atoms with van der Waals surface area (Å²) in [6, 6.07) is 21.4. The molecule has 0 aliphatic carbocycles. The Balaban J connectivity index is 1.53. The molecule has 0 spiro atoms. The number of benzene rings is 3. The highest BCUT2D eigenvalue weighted by Gasteiger charge is 2.32. The summed E-state index contributed by atoms with van der Waals surface area (Å²) in [5.74, 6) is 0. The molecule has 0 saturated carbocycles. The maximum atomic E-state index is 13.6. The van der Waals surface area contributed by atoms with Gasteiger partial charge in [-0.1, -0.05) is 54.6 Å². The quantitative estimate of drug-likeness (QED) is 0.548. The minimum absolute atomic E-state index is 0.343. The fourth-order valence-corrected chi connectivity index (χ4v) is 5.70. The van der Waals surface area contributed by atoms with Gasteiger partial charge in [-0.2, -0.15) is 4.31 Å². The summed E-state index contributed by atoms with van der Waals surface area (Å²) in [6.45, 7) is 1.93. The van der Waals surface area contributed by atoms with Gasteiger partial charge in [0.2, 0.25) is 10.0 Å². The Labute approximate surface area is 175 Å². The molecule has 0 unspecified atom stereocenters. The van der Waals surface area contributed by atoms with Crippen molar-refractivity contribution in [1.29, 1.82) is 0 Å². The van der Waals surface area contributed by atoms with E-state index in [1.807, 2.05) is 42.5 Å². The van der Waals surface area contributed by atoms with E-state index >= 15 is 0 Å². The van der Waals surface area contributed by atoms with Crippen LogP contribution in [0.1, 0.15) is 11.3 Å². The van der Waals surface area contributed by atoms with Gasteiger partial charge in [-0.25, -0.2) is 13.4 Å². The lowest BCUT2D eigenvalue weighted by atomic mass is 10.0. The summed E-state index contributed by atoms with van der Waals surface area (Å²) < 4.78 is 28.8. The van der Waals surface area contributed by atoms with Crippen molar-refractivity contribution >= 4 is 26.5 Å². The van der Waals surface area contributed by atoms with Gasteiger partial charge in [-0.3, -0.25) is 0 Å². The monoisotopic (exact) mass is 418 g/mol. The molecular formula is C23H22N4O2S. The van der Waals surface area contributed by atoms with Gasteiger partial charge in [0, 0.05) is 25.8 Å². The Kier molecular flexibility index (Phi) is 4.77. The first kappa shape index (κ1) is 18.8. The first-order chi connectivity index (χ1) is 14.6. The van der Waals surface area contributed by atoms with Gasteiger partial charge in [-0.15, -0.1) is 0 Å². The molecule has 4 aromatic rings. The van der Waals surface area contributed by atoms with Crippen molar-refractivity contribution < 1.29 is 8.42 Å². The molecule has 0 saturated heterocycles. The van der Waals surface area contributed by atoms with E-state index in [0.717, 1.165) is 27.7 Å². The average Bonchev–Trinajstić information content (AvgIpc) is 3.25. The molecule has 1 aliphatic heterocycles. The van der Waals surface area contributed by atoms with Gasteiger partial charge in [-0.05, 0) is 28.5 Å². The second-order valence-corrected chi connectivity index (χ2v) is 9.35. The normalized spacial score (nSPS) is 16.3. The van der Waals surface area contributed by atoms with Crippen molar-refractivity contribution in [3.63, 3.8) is 0 Å². The van der Waals surface area contributed by atoms with Crippen molar-refractivity contribution in [2.24, 2.45) is 0 Å². The number of nitrogens with one attached hydrogen (secondary N) is 1. The fraction of sp³-hybridized carbons (Fsp3) is 0.174. The zero-order valence-corrected chi connectivity index (χ0v) is 17.2. The SMILES string of the molecule is O=S1(=O)c2ccccc2N(Cc2cnc[nH]2)CCN1Cc1cccc2ccccc12. The molecule has 1 aromatic heterocycles. The number of fused-ring (bicyclic) bond motifs is 2. The standard InChI is InChI=1S/C23H22N4O2S/c28-30(29)23-11-4-3-10-22(23)26(16-20-14-24-17-25-20)12-13-27(30)15-19-8-5-7-18-6-1-2-9-21(18)19/h1-11,14,17H,12-13,15-16H2,(H,24,25). The van der Waals surface area contributed by atoms with Crippen LogP contribution in [-0.4, -0.2) is 35.8 Å². The maximum absolute atomic E-state index is 13.6. The number of sulfonamides is 1. The predicted octanol–water partition coefficient (Wildman–Crippen LogP) is 3.77. The second kappa shape index (κ2) is 7.59. The lowest BCUT2D eigenvalue weighted by Gasteiger charge is -2.23. The van der Waals surface area contributed by atoms with Crippen molar-refractivity contribution in [2.75, 3.05) is 18.0 Å². The third-order valence-electron chi connectivity index (χ3n) is 5.59. The highest BCUT2D eigenvalue weighted by atomic mass is 32.2. The topological polar surface area (TPSA) is 69.3 Å². The average molecular weight is 419 g/mol. The number of imidazole rings is 1. The first-order valence-electron chi connectivity index (χ1n) is 9.91. The number of rotatable bonds is 4. The third kappa shape index (κ3) is 3.36. The maximum Gasteiger partial charge on any atom is 0.245 e. The Bertz CT molecular complexity index is 1280. The molecule has 152 valence electrons. The molecule has 0 fully saturated rings. The Morgan fingerprint density at radius 1 is 0.900 bits per heavy atom. The number of aromatic amines is 1. The summed E-state index contributed by atoms with van der Waals surface area (Å²) in [6.07, 6.45) is 3.42. The van der Waals surface area contributed by atoms with Crippen LogP contribution in [0.2, 0.25) is 0 Å². The first-order valence-corrected chi connectivity index (χ1v) is 11.3.